The zero-order chi connectivity index (χ0) is 10.2. The quantitative estimate of drug-likeness (QED) is 0.795. The van der Waals surface area contributed by atoms with Crippen molar-refractivity contribution in [3.63, 3.8) is 0 Å². The summed E-state index contributed by atoms with van der Waals surface area (Å²) in [6.07, 6.45) is 3.06. The molecule has 2 heteroatoms. The van der Waals surface area contributed by atoms with Crippen molar-refractivity contribution < 1.29 is 4.42 Å². The Balaban J connectivity index is 2.10. The molecule has 0 aliphatic heterocycles. The van der Waals surface area contributed by atoms with E-state index in [9.17, 15) is 0 Å². The summed E-state index contributed by atoms with van der Waals surface area (Å²) in [7, 11) is 0. The van der Waals surface area contributed by atoms with E-state index >= 15 is 0 Å². The lowest BCUT2D eigenvalue weighted by Crippen LogP contribution is -2.23. The first-order chi connectivity index (χ1) is 6.65. The maximum atomic E-state index is 5.48. The second-order valence-corrected chi connectivity index (χ2v) is 4.85. The van der Waals surface area contributed by atoms with Gasteiger partial charge >= 0.3 is 0 Å². The predicted molar refractivity (Wildman–Crippen MR) is 57.0 cm³/mol. The highest BCUT2D eigenvalue weighted by Crippen LogP contribution is 2.57. The molecule has 0 spiro atoms. The van der Waals surface area contributed by atoms with E-state index in [2.05, 4.69) is 32.2 Å². The van der Waals surface area contributed by atoms with Crippen LogP contribution in [0.1, 0.15) is 39.0 Å². The Labute approximate surface area is 85.7 Å². The molecule has 0 aromatic carbocycles. The molecule has 1 aromatic heterocycles. The predicted octanol–water partition coefficient (Wildman–Crippen LogP) is 2.98. The summed E-state index contributed by atoms with van der Waals surface area (Å²) in [5.41, 5.74) is 0.486. The lowest BCUT2D eigenvalue weighted by molar-refractivity contribution is 0.355. The molecule has 78 valence electrons. The number of hydrogen-bond donors (Lipinski definition) is 1. The van der Waals surface area contributed by atoms with Crippen molar-refractivity contribution in [2.24, 2.45) is 11.3 Å². The van der Waals surface area contributed by atoms with Crippen LogP contribution in [-0.4, -0.2) is 6.54 Å². The first-order valence-corrected chi connectivity index (χ1v) is 5.42. The molecular formula is C12H19NO. The molecule has 0 amide bonds. The van der Waals surface area contributed by atoms with Crippen molar-refractivity contribution in [1.82, 2.24) is 5.32 Å². The average Bonchev–Trinajstić information content (AvgIpc) is 2.61. The maximum absolute atomic E-state index is 5.48. The summed E-state index contributed by atoms with van der Waals surface area (Å²) >= 11 is 0. The van der Waals surface area contributed by atoms with Gasteiger partial charge in [0.25, 0.3) is 0 Å². The fourth-order valence-corrected chi connectivity index (χ4v) is 2.21. The van der Waals surface area contributed by atoms with E-state index in [1.165, 1.54) is 6.42 Å². The topological polar surface area (TPSA) is 25.2 Å². The van der Waals surface area contributed by atoms with Gasteiger partial charge in [-0.25, -0.2) is 0 Å². The summed E-state index contributed by atoms with van der Waals surface area (Å²) in [6, 6.07) is 4.45. The van der Waals surface area contributed by atoms with E-state index in [0.717, 1.165) is 18.2 Å². The standard InChI is InChI=1S/C12H19NO/c1-4-13-11(9-8-12(9,2)3)10-6-5-7-14-10/h5-7,9,11,13H,4,8H2,1-3H3. The molecule has 1 saturated carbocycles. The van der Waals surface area contributed by atoms with Crippen LogP contribution in [0, 0.1) is 11.3 Å². The van der Waals surface area contributed by atoms with Crippen LogP contribution in [-0.2, 0) is 0 Å². The summed E-state index contributed by atoms with van der Waals surface area (Å²) in [5, 5.41) is 3.51. The third-order valence-electron chi connectivity index (χ3n) is 3.27. The molecular weight excluding hydrogens is 174 g/mol. The molecule has 2 unspecified atom stereocenters. The molecule has 1 aliphatic rings. The number of nitrogens with one attached hydrogen (secondary N) is 1. The molecule has 0 radical (unpaired) electrons. The van der Waals surface area contributed by atoms with Gasteiger partial charge in [-0.1, -0.05) is 20.8 Å². The average molecular weight is 193 g/mol. The van der Waals surface area contributed by atoms with Crippen LogP contribution in [0.2, 0.25) is 0 Å². The van der Waals surface area contributed by atoms with Gasteiger partial charge in [0.1, 0.15) is 5.76 Å². The second kappa shape index (κ2) is 3.43. The minimum absolute atomic E-state index is 0.407. The van der Waals surface area contributed by atoms with E-state index in [4.69, 9.17) is 4.42 Å². The zero-order valence-electron chi connectivity index (χ0n) is 9.21. The minimum atomic E-state index is 0.407. The highest BCUT2D eigenvalue weighted by molar-refractivity contribution is 5.13. The van der Waals surface area contributed by atoms with Crippen LogP contribution in [0.15, 0.2) is 22.8 Å². The van der Waals surface area contributed by atoms with Crippen molar-refractivity contribution in [3.8, 4) is 0 Å². The van der Waals surface area contributed by atoms with Gasteiger partial charge in [0, 0.05) is 0 Å². The number of hydrogen-bond acceptors (Lipinski definition) is 2. The van der Waals surface area contributed by atoms with Gasteiger partial charge in [0.05, 0.1) is 12.3 Å². The Bertz CT molecular complexity index is 289. The Kier molecular flexibility index (Phi) is 2.40. The summed E-state index contributed by atoms with van der Waals surface area (Å²) in [5.74, 6) is 1.82. The molecule has 2 atom stereocenters. The number of rotatable bonds is 4. The lowest BCUT2D eigenvalue weighted by atomic mass is 10.0. The van der Waals surface area contributed by atoms with E-state index in [1.54, 1.807) is 6.26 Å². The van der Waals surface area contributed by atoms with Crippen LogP contribution < -0.4 is 5.32 Å². The lowest BCUT2D eigenvalue weighted by Gasteiger charge is -2.17. The molecule has 1 aliphatic carbocycles. The highest BCUT2D eigenvalue weighted by Gasteiger charge is 2.51. The SMILES string of the molecule is CCNC(c1ccco1)C1CC1(C)C. The van der Waals surface area contributed by atoms with Crippen molar-refractivity contribution in [2.45, 2.75) is 33.2 Å². The van der Waals surface area contributed by atoms with Crippen molar-refractivity contribution >= 4 is 0 Å². The maximum Gasteiger partial charge on any atom is 0.120 e. The molecule has 2 nitrogen and oxygen atoms in total. The molecule has 1 aromatic rings. The zero-order valence-corrected chi connectivity index (χ0v) is 9.21. The fourth-order valence-electron chi connectivity index (χ4n) is 2.21. The van der Waals surface area contributed by atoms with E-state index in [0.29, 0.717) is 11.5 Å². The molecule has 14 heavy (non-hydrogen) atoms. The summed E-state index contributed by atoms with van der Waals surface area (Å²) in [6.45, 7) is 7.79. The van der Waals surface area contributed by atoms with Crippen molar-refractivity contribution in [3.05, 3.63) is 24.2 Å². The molecule has 1 fully saturated rings. The second-order valence-electron chi connectivity index (χ2n) is 4.85. The third-order valence-corrected chi connectivity index (χ3v) is 3.27. The van der Waals surface area contributed by atoms with Crippen LogP contribution in [0.25, 0.3) is 0 Å². The first kappa shape index (κ1) is 9.78. The smallest absolute Gasteiger partial charge is 0.120 e. The van der Waals surface area contributed by atoms with Crippen LogP contribution >= 0.6 is 0 Å². The largest absolute Gasteiger partial charge is 0.468 e. The van der Waals surface area contributed by atoms with Crippen molar-refractivity contribution in [1.29, 1.82) is 0 Å². The van der Waals surface area contributed by atoms with Gasteiger partial charge in [-0.15, -0.1) is 0 Å². The molecule has 0 bridgehead atoms. The summed E-state index contributed by atoms with van der Waals surface area (Å²) in [4.78, 5) is 0. The van der Waals surface area contributed by atoms with Gasteiger partial charge in [0.15, 0.2) is 0 Å². The van der Waals surface area contributed by atoms with E-state index in [1.807, 2.05) is 6.07 Å². The Morgan fingerprint density at radius 3 is 2.79 bits per heavy atom. The van der Waals surface area contributed by atoms with Gasteiger partial charge in [0.2, 0.25) is 0 Å². The van der Waals surface area contributed by atoms with Crippen molar-refractivity contribution in [2.75, 3.05) is 6.54 Å². The van der Waals surface area contributed by atoms with Crippen LogP contribution in [0.3, 0.4) is 0 Å². The number of furan rings is 1. The normalized spacial score (nSPS) is 26.1. The highest BCUT2D eigenvalue weighted by atomic mass is 16.3. The Morgan fingerprint density at radius 1 is 1.64 bits per heavy atom. The molecule has 1 heterocycles. The van der Waals surface area contributed by atoms with Crippen LogP contribution in [0.4, 0.5) is 0 Å². The van der Waals surface area contributed by atoms with E-state index < -0.39 is 0 Å². The third kappa shape index (κ3) is 1.71. The summed E-state index contributed by atoms with van der Waals surface area (Å²) < 4.78 is 5.48. The Morgan fingerprint density at radius 2 is 2.36 bits per heavy atom. The van der Waals surface area contributed by atoms with Gasteiger partial charge < -0.3 is 9.73 Å². The molecule has 0 saturated heterocycles. The molecule has 1 N–H and O–H groups in total. The first-order valence-electron chi connectivity index (χ1n) is 5.42. The van der Waals surface area contributed by atoms with Gasteiger partial charge in [-0.3, -0.25) is 0 Å². The van der Waals surface area contributed by atoms with Gasteiger partial charge in [-0.2, -0.15) is 0 Å². The fraction of sp³-hybridized carbons (Fsp3) is 0.667. The monoisotopic (exact) mass is 193 g/mol. The van der Waals surface area contributed by atoms with Gasteiger partial charge in [-0.05, 0) is 36.4 Å². The van der Waals surface area contributed by atoms with Crippen LogP contribution in [0.5, 0.6) is 0 Å². The molecule has 2 rings (SSSR count). The Hall–Kier alpha value is -0.760. The minimum Gasteiger partial charge on any atom is -0.468 e. The van der Waals surface area contributed by atoms with E-state index in [-0.39, 0.29) is 0 Å².